The van der Waals surface area contributed by atoms with Crippen LogP contribution in [0.15, 0.2) is 48.7 Å². The Bertz CT molecular complexity index is 746. The molecule has 2 aromatic rings. The molecule has 0 unspecified atom stereocenters. The van der Waals surface area contributed by atoms with E-state index in [0.29, 0.717) is 5.56 Å². The fourth-order valence-corrected chi connectivity index (χ4v) is 4.13. The van der Waals surface area contributed by atoms with Gasteiger partial charge >= 0.3 is 0 Å². The van der Waals surface area contributed by atoms with Crippen LogP contribution in [0.5, 0.6) is 0 Å². The van der Waals surface area contributed by atoms with Crippen molar-refractivity contribution in [2.45, 2.75) is 32.2 Å². The molecule has 0 radical (unpaired) electrons. The molecule has 2 fully saturated rings. The van der Waals surface area contributed by atoms with Crippen LogP contribution in [0.4, 0.5) is 5.82 Å². The maximum absolute atomic E-state index is 12.9. The Hall–Kier alpha value is -2.40. The Morgan fingerprint density at radius 3 is 2.18 bits per heavy atom. The summed E-state index contributed by atoms with van der Waals surface area (Å²) in [5.74, 6) is 1.11. The molecule has 148 valence electrons. The standard InChI is InChI=1S/C23H30N4O/c28-23(21-10-11-22(24-18-21)26-12-6-1-2-7-13-26)27-16-14-25(15-17-27)19-20-8-4-3-5-9-20/h3-5,8-11,18H,1-2,6-7,12-17,19H2. The van der Waals surface area contributed by atoms with E-state index in [9.17, 15) is 4.79 Å². The van der Waals surface area contributed by atoms with E-state index < -0.39 is 0 Å². The molecule has 4 rings (SSSR count). The number of aromatic nitrogens is 1. The van der Waals surface area contributed by atoms with E-state index in [4.69, 9.17) is 0 Å². The lowest BCUT2D eigenvalue weighted by molar-refractivity contribution is 0.0628. The van der Waals surface area contributed by atoms with Crippen LogP contribution in [-0.4, -0.2) is 60.0 Å². The zero-order valence-corrected chi connectivity index (χ0v) is 16.6. The molecule has 2 saturated heterocycles. The number of hydrogen-bond donors (Lipinski definition) is 0. The van der Waals surface area contributed by atoms with Crippen molar-refractivity contribution in [1.82, 2.24) is 14.8 Å². The summed E-state index contributed by atoms with van der Waals surface area (Å²) >= 11 is 0. The van der Waals surface area contributed by atoms with Gasteiger partial charge in [0.15, 0.2) is 0 Å². The van der Waals surface area contributed by atoms with Gasteiger partial charge < -0.3 is 9.80 Å². The number of piperazine rings is 1. The third-order valence-corrected chi connectivity index (χ3v) is 5.83. The van der Waals surface area contributed by atoms with Crippen molar-refractivity contribution in [3.05, 3.63) is 59.8 Å². The van der Waals surface area contributed by atoms with Gasteiger partial charge in [0.2, 0.25) is 0 Å². The number of amides is 1. The Kier molecular flexibility index (Phi) is 6.22. The summed E-state index contributed by atoms with van der Waals surface area (Å²) in [6.45, 7) is 6.49. The van der Waals surface area contributed by atoms with E-state index in [1.807, 2.05) is 23.1 Å². The zero-order valence-electron chi connectivity index (χ0n) is 16.6. The summed E-state index contributed by atoms with van der Waals surface area (Å²) in [7, 11) is 0. The highest BCUT2D eigenvalue weighted by Crippen LogP contribution is 2.18. The van der Waals surface area contributed by atoms with Crippen molar-refractivity contribution in [3.63, 3.8) is 0 Å². The largest absolute Gasteiger partial charge is 0.357 e. The van der Waals surface area contributed by atoms with Crippen LogP contribution in [0.25, 0.3) is 0 Å². The lowest BCUT2D eigenvalue weighted by Gasteiger charge is -2.34. The molecule has 0 spiro atoms. The minimum atomic E-state index is 0.106. The highest BCUT2D eigenvalue weighted by atomic mass is 16.2. The number of anilines is 1. The molecule has 0 aliphatic carbocycles. The van der Waals surface area contributed by atoms with Crippen LogP contribution in [-0.2, 0) is 6.54 Å². The van der Waals surface area contributed by atoms with Crippen molar-refractivity contribution in [3.8, 4) is 0 Å². The Morgan fingerprint density at radius 2 is 1.54 bits per heavy atom. The second kappa shape index (κ2) is 9.20. The van der Waals surface area contributed by atoms with Gasteiger partial charge in [-0.3, -0.25) is 9.69 Å². The van der Waals surface area contributed by atoms with Crippen LogP contribution in [0.2, 0.25) is 0 Å². The molecule has 1 aromatic heterocycles. The highest BCUT2D eigenvalue weighted by Gasteiger charge is 2.22. The third-order valence-electron chi connectivity index (χ3n) is 5.83. The summed E-state index contributed by atoms with van der Waals surface area (Å²) in [6, 6.07) is 14.5. The molecule has 1 amide bonds. The number of rotatable bonds is 4. The van der Waals surface area contributed by atoms with E-state index in [0.717, 1.165) is 51.6 Å². The van der Waals surface area contributed by atoms with E-state index in [1.165, 1.54) is 31.2 Å². The van der Waals surface area contributed by atoms with Gasteiger partial charge in [0.05, 0.1) is 5.56 Å². The lowest BCUT2D eigenvalue weighted by atomic mass is 10.2. The first-order valence-electron chi connectivity index (χ1n) is 10.6. The van der Waals surface area contributed by atoms with Gasteiger partial charge in [-0.25, -0.2) is 4.98 Å². The molecule has 2 aliphatic heterocycles. The minimum Gasteiger partial charge on any atom is -0.357 e. The number of pyridine rings is 1. The molecule has 5 heteroatoms. The zero-order chi connectivity index (χ0) is 19.2. The molecule has 0 saturated carbocycles. The van der Waals surface area contributed by atoms with Crippen LogP contribution in [0.1, 0.15) is 41.6 Å². The van der Waals surface area contributed by atoms with Crippen molar-refractivity contribution >= 4 is 11.7 Å². The maximum Gasteiger partial charge on any atom is 0.255 e. The van der Waals surface area contributed by atoms with Gasteiger partial charge in [-0.1, -0.05) is 43.2 Å². The van der Waals surface area contributed by atoms with E-state index >= 15 is 0 Å². The van der Waals surface area contributed by atoms with Crippen molar-refractivity contribution in [2.75, 3.05) is 44.2 Å². The summed E-state index contributed by atoms with van der Waals surface area (Å²) < 4.78 is 0. The first kappa shape index (κ1) is 18.9. The summed E-state index contributed by atoms with van der Waals surface area (Å²) in [6.07, 6.45) is 6.84. The third kappa shape index (κ3) is 4.71. The van der Waals surface area contributed by atoms with E-state index in [-0.39, 0.29) is 5.91 Å². The quantitative estimate of drug-likeness (QED) is 0.817. The number of benzene rings is 1. The predicted molar refractivity (Wildman–Crippen MR) is 113 cm³/mol. The summed E-state index contributed by atoms with van der Waals surface area (Å²) in [5, 5.41) is 0. The number of nitrogens with zero attached hydrogens (tertiary/aromatic N) is 4. The average Bonchev–Trinajstić information content (AvgIpc) is 3.04. The first-order valence-corrected chi connectivity index (χ1v) is 10.6. The second-order valence-corrected chi connectivity index (χ2v) is 7.86. The molecule has 0 bridgehead atoms. The van der Waals surface area contributed by atoms with E-state index in [1.54, 1.807) is 6.20 Å². The van der Waals surface area contributed by atoms with Crippen LogP contribution in [0, 0.1) is 0 Å². The SMILES string of the molecule is O=C(c1ccc(N2CCCCCC2)nc1)N1CCN(Cc2ccccc2)CC1. The minimum absolute atomic E-state index is 0.106. The van der Waals surface area contributed by atoms with Crippen LogP contribution in [0.3, 0.4) is 0 Å². The molecule has 2 aliphatic rings. The molecule has 3 heterocycles. The van der Waals surface area contributed by atoms with Crippen LogP contribution < -0.4 is 4.90 Å². The van der Waals surface area contributed by atoms with Gasteiger partial charge in [-0.05, 0) is 30.5 Å². The molecule has 28 heavy (non-hydrogen) atoms. The molecular weight excluding hydrogens is 348 g/mol. The monoisotopic (exact) mass is 378 g/mol. The fourth-order valence-electron chi connectivity index (χ4n) is 4.13. The van der Waals surface area contributed by atoms with Gasteiger partial charge in [0, 0.05) is 52.0 Å². The van der Waals surface area contributed by atoms with Gasteiger partial charge in [-0.15, -0.1) is 0 Å². The molecule has 0 N–H and O–H groups in total. The van der Waals surface area contributed by atoms with Gasteiger partial charge in [0.1, 0.15) is 5.82 Å². The van der Waals surface area contributed by atoms with Crippen LogP contribution >= 0.6 is 0 Å². The molecular formula is C23H30N4O. The number of carbonyl (C=O) groups excluding carboxylic acids is 1. The number of carbonyl (C=O) groups is 1. The highest BCUT2D eigenvalue weighted by molar-refractivity contribution is 5.94. The van der Waals surface area contributed by atoms with Gasteiger partial charge in [0.25, 0.3) is 5.91 Å². The molecule has 5 nitrogen and oxygen atoms in total. The Balaban J connectivity index is 1.31. The lowest BCUT2D eigenvalue weighted by Crippen LogP contribution is -2.48. The van der Waals surface area contributed by atoms with E-state index in [2.05, 4.69) is 39.0 Å². The smallest absolute Gasteiger partial charge is 0.255 e. The molecule has 1 aromatic carbocycles. The Morgan fingerprint density at radius 1 is 0.821 bits per heavy atom. The fraction of sp³-hybridized carbons (Fsp3) is 0.478. The number of hydrogen-bond acceptors (Lipinski definition) is 4. The predicted octanol–water partition coefficient (Wildman–Crippen LogP) is 3.42. The van der Waals surface area contributed by atoms with Crippen molar-refractivity contribution in [2.24, 2.45) is 0 Å². The van der Waals surface area contributed by atoms with Crippen molar-refractivity contribution < 1.29 is 4.79 Å². The van der Waals surface area contributed by atoms with Gasteiger partial charge in [-0.2, -0.15) is 0 Å². The first-order chi connectivity index (χ1) is 13.8. The summed E-state index contributed by atoms with van der Waals surface area (Å²) in [4.78, 5) is 24.2. The normalized spacial score (nSPS) is 18.7. The summed E-state index contributed by atoms with van der Waals surface area (Å²) in [5.41, 5.74) is 2.03. The van der Waals surface area contributed by atoms with Crippen molar-refractivity contribution in [1.29, 1.82) is 0 Å². The Labute approximate surface area is 168 Å². The molecule has 0 atom stereocenters. The topological polar surface area (TPSA) is 39.7 Å². The average molecular weight is 379 g/mol. The maximum atomic E-state index is 12.9. The second-order valence-electron chi connectivity index (χ2n) is 7.86.